The number of hydrogen-bond acceptors (Lipinski definition) is 3. The van der Waals surface area contributed by atoms with Crippen LogP contribution in [0.15, 0.2) is 60.7 Å². The molecule has 1 unspecified atom stereocenters. The largest absolute Gasteiger partial charge is 0.299 e. The molecule has 1 heterocycles. The summed E-state index contributed by atoms with van der Waals surface area (Å²) in [5, 5.41) is 7.95. The SMILES string of the molecule is N=C1C(=O)N(c2ccccc2)C(=O)C1c1ccccc1. The predicted octanol–water partition coefficient (Wildman–Crippen LogP) is 2.36. The molecule has 2 aromatic carbocycles. The number of nitrogens with one attached hydrogen (secondary N) is 1. The van der Waals surface area contributed by atoms with Gasteiger partial charge in [0.05, 0.1) is 5.69 Å². The predicted molar refractivity (Wildman–Crippen MR) is 75.8 cm³/mol. The fourth-order valence-electron chi connectivity index (χ4n) is 2.37. The van der Waals surface area contributed by atoms with Gasteiger partial charge in [0, 0.05) is 0 Å². The van der Waals surface area contributed by atoms with Crippen molar-refractivity contribution in [1.82, 2.24) is 0 Å². The standard InChI is InChI=1S/C16H12N2O2/c17-14-13(11-7-3-1-4-8-11)15(19)18(16(14)20)12-9-5-2-6-10-12/h1-10,13,17H. The number of benzene rings is 2. The van der Waals surface area contributed by atoms with Gasteiger partial charge in [-0.25, -0.2) is 4.90 Å². The quantitative estimate of drug-likeness (QED) is 0.846. The molecule has 0 aliphatic carbocycles. The molecule has 3 rings (SSSR count). The first-order valence-electron chi connectivity index (χ1n) is 6.27. The first-order valence-corrected chi connectivity index (χ1v) is 6.27. The van der Waals surface area contributed by atoms with Gasteiger partial charge in [-0.2, -0.15) is 0 Å². The highest BCUT2D eigenvalue weighted by atomic mass is 16.2. The second-order valence-electron chi connectivity index (χ2n) is 4.57. The Morgan fingerprint density at radius 3 is 2.00 bits per heavy atom. The molecule has 0 spiro atoms. The van der Waals surface area contributed by atoms with E-state index in [2.05, 4.69) is 0 Å². The maximum atomic E-state index is 12.5. The van der Waals surface area contributed by atoms with Crippen molar-refractivity contribution in [2.75, 3.05) is 4.90 Å². The van der Waals surface area contributed by atoms with Crippen molar-refractivity contribution < 1.29 is 9.59 Å². The Kier molecular flexibility index (Phi) is 2.91. The molecule has 20 heavy (non-hydrogen) atoms. The Labute approximate surface area is 116 Å². The average molecular weight is 264 g/mol. The summed E-state index contributed by atoms with van der Waals surface area (Å²) in [5.41, 5.74) is 1.00. The van der Waals surface area contributed by atoms with E-state index in [0.29, 0.717) is 11.3 Å². The molecular weight excluding hydrogens is 252 g/mol. The van der Waals surface area contributed by atoms with Crippen LogP contribution in [0.25, 0.3) is 0 Å². The molecule has 1 fully saturated rings. The van der Waals surface area contributed by atoms with E-state index in [1.165, 1.54) is 0 Å². The van der Waals surface area contributed by atoms with Crippen LogP contribution in [-0.4, -0.2) is 17.5 Å². The van der Waals surface area contributed by atoms with Crippen molar-refractivity contribution in [2.45, 2.75) is 5.92 Å². The highest BCUT2D eigenvalue weighted by molar-refractivity contribution is 6.58. The van der Waals surface area contributed by atoms with Crippen molar-refractivity contribution in [3.63, 3.8) is 0 Å². The number of carbonyl (C=O) groups excluding carboxylic acids is 2. The van der Waals surface area contributed by atoms with Crippen LogP contribution >= 0.6 is 0 Å². The van der Waals surface area contributed by atoms with Crippen molar-refractivity contribution in [2.24, 2.45) is 0 Å². The molecule has 98 valence electrons. The molecule has 4 nitrogen and oxygen atoms in total. The molecule has 2 aromatic rings. The van der Waals surface area contributed by atoms with Gasteiger partial charge in [0.2, 0.25) is 5.91 Å². The molecule has 0 aromatic heterocycles. The van der Waals surface area contributed by atoms with E-state index >= 15 is 0 Å². The second-order valence-corrected chi connectivity index (χ2v) is 4.57. The van der Waals surface area contributed by atoms with Crippen LogP contribution in [0.2, 0.25) is 0 Å². The normalized spacial score (nSPS) is 18.7. The third-order valence-electron chi connectivity index (χ3n) is 3.34. The van der Waals surface area contributed by atoms with Crippen LogP contribution in [0.3, 0.4) is 0 Å². The van der Waals surface area contributed by atoms with Crippen LogP contribution in [0, 0.1) is 5.41 Å². The highest BCUT2D eigenvalue weighted by Gasteiger charge is 2.45. The smallest absolute Gasteiger partial charge is 0.279 e. The van der Waals surface area contributed by atoms with E-state index in [-0.39, 0.29) is 11.6 Å². The monoisotopic (exact) mass is 264 g/mol. The number of anilines is 1. The summed E-state index contributed by atoms with van der Waals surface area (Å²) in [6.07, 6.45) is 0. The van der Waals surface area contributed by atoms with Gasteiger partial charge in [0.15, 0.2) is 0 Å². The zero-order valence-corrected chi connectivity index (χ0v) is 10.6. The Hall–Kier alpha value is -2.75. The third kappa shape index (κ3) is 1.82. The number of carbonyl (C=O) groups is 2. The molecule has 2 amide bonds. The zero-order valence-electron chi connectivity index (χ0n) is 10.6. The molecule has 1 saturated heterocycles. The van der Waals surface area contributed by atoms with Crippen LogP contribution in [-0.2, 0) is 9.59 Å². The minimum Gasteiger partial charge on any atom is -0.299 e. The van der Waals surface area contributed by atoms with Crippen LogP contribution in [0.1, 0.15) is 11.5 Å². The highest BCUT2D eigenvalue weighted by Crippen LogP contribution is 2.30. The lowest BCUT2D eigenvalue weighted by atomic mass is 9.96. The van der Waals surface area contributed by atoms with E-state index in [4.69, 9.17) is 5.41 Å². The fourth-order valence-corrected chi connectivity index (χ4v) is 2.37. The second kappa shape index (κ2) is 4.74. The molecule has 0 saturated carbocycles. The van der Waals surface area contributed by atoms with Crippen molar-refractivity contribution in [1.29, 1.82) is 5.41 Å². The number of nitrogens with zero attached hydrogens (tertiary/aromatic N) is 1. The molecular formula is C16H12N2O2. The minimum absolute atomic E-state index is 0.176. The summed E-state index contributed by atoms with van der Waals surface area (Å²) in [6.45, 7) is 0. The van der Waals surface area contributed by atoms with E-state index in [1.807, 2.05) is 12.1 Å². The van der Waals surface area contributed by atoms with Gasteiger partial charge in [-0.1, -0.05) is 48.5 Å². The fraction of sp³-hybridized carbons (Fsp3) is 0.0625. The summed E-state index contributed by atoms with van der Waals surface area (Å²) in [5.74, 6) is -1.71. The first kappa shape index (κ1) is 12.3. The van der Waals surface area contributed by atoms with E-state index < -0.39 is 11.8 Å². The minimum atomic E-state index is -0.802. The summed E-state index contributed by atoms with van der Waals surface area (Å²) in [7, 11) is 0. The van der Waals surface area contributed by atoms with E-state index in [0.717, 1.165) is 4.90 Å². The molecule has 1 aliphatic rings. The molecule has 1 aliphatic heterocycles. The Balaban J connectivity index is 2.03. The summed E-state index contributed by atoms with van der Waals surface area (Å²) in [4.78, 5) is 25.8. The Bertz CT molecular complexity index is 621. The number of hydrogen-bond donors (Lipinski definition) is 1. The summed E-state index contributed by atoms with van der Waals surface area (Å²) < 4.78 is 0. The van der Waals surface area contributed by atoms with E-state index in [9.17, 15) is 9.59 Å². The lowest BCUT2D eigenvalue weighted by Crippen LogP contribution is -2.30. The van der Waals surface area contributed by atoms with Gasteiger partial charge in [0.25, 0.3) is 5.91 Å². The average Bonchev–Trinajstić information content (AvgIpc) is 2.71. The number of rotatable bonds is 2. The molecule has 4 heteroatoms. The van der Waals surface area contributed by atoms with Crippen molar-refractivity contribution in [3.05, 3.63) is 66.2 Å². The maximum Gasteiger partial charge on any atom is 0.279 e. The number of amides is 2. The van der Waals surface area contributed by atoms with Crippen LogP contribution < -0.4 is 4.90 Å². The van der Waals surface area contributed by atoms with Gasteiger partial charge >= 0.3 is 0 Å². The van der Waals surface area contributed by atoms with Gasteiger partial charge in [-0.15, -0.1) is 0 Å². The van der Waals surface area contributed by atoms with Gasteiger partial charge in [0.1, 0.15) is 11.6 Å². The summed E-state index contributed by atoms with van der Waals surface area (Å²) >= 11 is 0. The zero-order chi connectivity index (χ0) is 14.1. The molecule has 1 atom stereocenters. The molecule has 1 N–H and O–H groups in total. The topological polar surface area (TPSA) is 61.2 Å². The molecule has 0 bridgehead atoms. The van der Waals surface area contributed by atoms with Crippen LogP contribution in [0.4, 0.5) is 5.69 Å². The lowest BCUT2D eigenvalue weighted by Gasteiger charge is -2.14. The lowest BCUT2D eigenvalue weighted by molar-refractivity contribution is -0.121. The van der Waals surface area contributed by atoms with Crippen LogP contribution in [0.5, 0.6) is 0 Å². The maximum absolute atomic E-state index is 12.5. The third-order valence-corrected chi connectivity index (χ3v) is 3.34. The van der Waals surface area contributed by atoms with E-state index in [1.54, 1.807) is 48.5 Å². The van der Waals surface area contributed by atoms with Crippen molar-refractivity contribution >= 4 is 23.2 Å². The van der Waals surface area contributed by atoms with Crippen molar-refractivity contribution in [3.8, 4) is 0 Å². The molecule has 0 radical (unpaired) electrons. The van der Waals surface area contributed by atoms with Gasteiger partial charge in [-0.05, 0) is 17.7 Å². The number of imide groups is 1. The number of para-hydroxylation sites is 1. The Morgan fingerprint density at radius 2 is 1.40 bits per heavy atom. The summed E-state index contributed by atoms with van der Waals surface area (Å²) in [6, 6.07) is 17.7. The first-order chi connectivity index (χ1) is 9.70. The Morgan fingerprint density at radius 1 is 0.850 bits per heavy atom. The van der Waals surface area contributed by atoms with Gasteiger partial charge in [-0.3, -0.25) is 15.0 Å². The van der Waals surface area contributed by atoms with Gasteiger partial charge < -0.3 is 0 Å².